The van der Waals surface area contributed by atoms with Crippen molar-refractivity contribution < 1.29 is 19.1 Å². The molecular formula is C21H26O4. The predicted octanol–water partition coefficient (Wildman–Crippen LogP) is 4.68. The molecule has 0 heterocycles. The van der Waals surface area contributed by atoms with Crippen LogP contribution in [0.4, 0.5) is 0 Å². The highest BCUT2D eigenvalue weighted by molar-refractivity contribution is 6.26. The molecule has 0 amide bonds. The zero-order chi connectivity index (χ0) is 18.2. The van der Waals surface area contributed by atoms with Gasteiger partial charge in [0.05, 0.1) is 6.61 Å². The second kappa shape index (κ2) is 9.30. The maximum atomic E-state index is 12.6. The minimum atomic E-state index is -0.232. The summed E-state index contributed by atoms with van der Waals surface area (Å²) in [5, 5.41) is 0. The van der Waals surface area contributed by atoms with Gasteiger partial charge in [-0.25, -0.2) is 0 Å². The zero-order valence-electron chi connectivity index (χ0n) is 15.1. The van der Waals surface area contributed by atoms with Crippen molar-refractivity contribution in [3.63, 3.8) is 0 Å². The number of allylic oxidation sites excluding steroid dienone is 2. The molecule has 0 radical (unpaired) electrons. The Bertz CT molecular complexity index is 685. The van der Waals surface area contributed by atoms with Crippen molar-refractivity contribution in [3.8, 4) is 0 Å². The van der Waals surface area contributed by atoms with Gasteiger partial charge in [-0.3, -0.25) is 14.4 Å². The SMILES string of the molecule is CCCCCCOC(=O)CCCC1=C(C)C(=O)c2ccccc2C1=O. The molecule has 1 aromatic rings. The van der Waals surface area contributed by atoms with Crippen molar-refractivity contribution in [2.45, 2.75) is 58.8 Å². The molecule has 0 fully saturated rings. The normalized spacial score (nSPS) is 13.8. The van der Waals surface area contributed by atoms with Crippen molar-refractivity contribution in [1.29, 1.82) is 0 Å². The summed E-state index contributed by atoms with van der Waals surface area (Å²) >= 11 is 0. The highest BCUT2D eigenvalue weighted by Crippen LogP contribution is 2.28. The number of ether oxygens (including phenoxy) is 1. The van der Waals surface area contributed by atoms with E-state index in [-0.39, 0.29) is 24.0 Å². The highest BCUT2D eigenvalue weighted by Gasteiger charge is 2.29. The maximum absolute atomic E-state index is 12.6. The number of unbranched alkanes of at least 4 members (excludes halogenated alkanes) is 3. The maximum Gasteiger partial charge on any atom is 0.305 e. The average molecular weight is 342 g/mol. The fraction of sp³-hybridized carbons (Fsp3) is 0.476. The van der Waals surface area contributed by atoms with E-state index in [4.69, 9.17) is 4.74 Å². The van der Waals surface area contributed by atoms with Crippen LogP contribution in [0.15, 0.2) is 35.4 Å². The van der Waals surface area contributed by atoms with Crippen LogP contribution in [0.2, 0.25) is 0 Å². The van der Waals surface area contributed by atoms with Gasteiger partial charge in [-0.2, -0.15) is 0 Å². The molecule has 1 aromatic carbocycles. The summed E-state index contributed by atoms with van der Waals surface area (Å²) in [4.78, 5) is 36.7. The van der Waals surface area contributed by atoms with Crippen LogP contribution >= 0.6 is 0 Å². The van der Waals surface area contributed by atoms with Gasteiger partial charge in [-0.15, -0.1) is 0 Å². The topological polar surface area (TPSA) is 60.4 Å². The summed E-state index contributed by atoms with van der Waals surface area (Å²) in [6, 6.07) is 6.90. The van der Waals surface area contributed by atoms with Gasteiger partial charge in [0.15, 0.2) is 11.6 Å². The van der Waals surface area contributed by atoms with Gasteiger partial charge in [0, 0.05) is 28.7 Å². The molecule has 4 heteroatoms. The lowest BCUT2D eigenvalue weighted by Crippen LogP contribution is -2.21. The van der Waals surface area contributed by atoms with Crippen molar-refractivity contribution >= 4 is 17.5 Å². The Hall–Kier alpha value is -2.23. The van der Waals surface area contributed by atoms with Gasteiger partial charge < -0.3 is 4.74 Å². The molecule has 0 bridgehead atoms. The number of hydrogen-bond acceptors (Lipinski definition) is 4. The second-order valence-corrected chi connectivity index (χ2v) is 6.44. The quantitative estimate of drug-likeness (QED) is 0.483. The Morgan fingerprint density at radius 1 is 0.960 bits per heavy atom. The van der Waals surface area contributed by atoms with E-state index in [1.165, 1.54) is 0 Å². The summed E-state index contributed by atoms with van der Waals surface area (Å²) in [5.41, 5.74) is 1.96. The van der Waals surface area contributed by atoms with Crippen LogP contribution in [0.5, 0.6) is 0 Å². The molecule has 0 saturated heterocycles. The Balaban J connectivity index is 1.84. The molecule has 1 aliphatic rings. The number of rotatable bonds is 9. The first kappa shape index (κ1) is 19.1. The van der Waals surface area contributed by atoms with E-state index in [1.54, 1.807) is 31.2 Å². The second-order valence-electron chi connectivity index (χ2n) is 6.44. The summed E-state index contributed by atoms with van der Waals surface area (Å²) in [7, 11) is 0. The molecule has 25 heavy (non-hydrogen) atoms. The van der Waals surface area contributed by atoms with Crippen LogP contribution < -0.4 is 0 Å². The Labute approximate surface area is 149 Å². The van der Waals surface area contributed by atoms with Crippen LogP contribution in [0.25, 0.3) is 0 Å². The number of fused-ring (bicyclic) bond motifs is 1. The smallest absolute Gasteiger partial charge is 0.305 e. The Kier molecular flexibility index (Phi) is 7.11. The van der Waals surface area contributed by atoms with E-state index in [1.807, 2.05) is 0 Å². The van der Waals surface area contributed by atoms with Crippen molar-refractivity contribution in [2.24, 2.45) is 0 Å². The van der Waals surface area contributed by atoms with Gasteiger partial charge in [-0.05, 0) is 26.2 Å². The number of carbonyl (C=O) groups excluding carboxylic acids is 3. The monoisotopic (exact) mass is 342 g/mol. The largest absolute Gasteiger partial charge is 0.466 e. The first-order valence-corrected chi connectivity index (χ1v) is 9.10. The molecule has 0 saturated carbocycles. The van der Waals surface area contributed by atoms with E-state index in [0.29, 0.717) is 41.7 Å². The van der Waals surface area contributed by atoms with Crippen LogP contribution in [0.3, 0.4) is 0 Å². The van der Waals surface area contributed by atoms with Gasteiger partial charge in [-0.1, -0.05) is 50.5 Å². The Morgan fingerprint density at radius 3 is 2.32 bits per heavy atom. The Morgan fingerprint density at radius 2 is 1.64 bits per heavy atom. The molecule has 2 rings (SSSR count). The zero-order valence-corrected chi connectivity index (χ0v) is 15.1. The average Bonchev–Trinajstić information content (AvgIpc) is 2.62. The van der Waals surface area contributed by atoms with E-state index < -0.39 is 0 Å². The summed E-state index contributed by atoms with van der Waals surface area (Å²) in [6.07, 6.45) is 5.49. The van der Waals surface area contributed by atoms with Crippen LogP contribution in [0.1, 0.15) is 79.5 Å². The van der Waals surface area contributed by atoms with Gasteiger partial charge >= 0.3 is 5.97 Å². The minimum Gasteiger partial charge on any atom is -0.466 e. The number of esters is 1. The lowest BCUT2D eigenvalue weighted by molar-refractivity contribution is -0.143. The lowest BCUT2D eigenvalue weighted by atomic mass is 9.83. The van der Waals surface area contributed by atoms with Crippen LogP contribution in [-0.4, -0.2) is 24.1 Å². The highest BCUT2D eigenvalue weighted by atomic mass is 16.5. The molecule has 1 aliphatic carbocycles. The number of benzene rings is 1. The molecule has 0 spiro atoms. The third kappa shape index (κ3) is 4.88. The summed E-state index contributed by atoms with van der Waals surface area (Å²) in [6.45, 7) is 4.29. The first-order valence-electron chi connectivity index (χ1n) is 9.10. The number of carbonyl (C=O) groups is 3. The van der Waals surface area contributed by atoms with Crippen LogP contribution in [0, 0.1) is 0 Å². The van der Waals surface area contributed by atoms with E-state index in [2.05, 4.69) is 6.92 Å². The van der Waals surface area contributed by atoms with Gasteiger partial charge in [0.2, 0.25) is 0 Å². The van der Waals surface area contributed by atoms with Crippen molar-refractivity contribution in [3.05, 3.63) is 46.5 Å². The molecule has 134 valence electrons. The van der Waals surface area contributed by atoms with E-state index in [0.717, 1.165) is 25.7 Å². The molecule has 0 aliphatic heterocycles. The number of Topliss-reactive ketones (excluding diaryl/α,β-unsaturated/α-hetero) is 2. The predicted molar refractivity (Wildman–Crippen MR) is 96.8 cm³/mol. The van der Waals surface area contributed by atoms with Gasteiger partial charge in [0.25, 0.3) is 0 Å². The fourth-order valence-electron chi connectivity index (χ4n) is 3.05. The molecule has 0 unspecified atom stereocenters. The number of ketones is 2. The van der Waals surface area contributed by atoms with Crippen LogP contribution in [-0.2, 0) is 9.53 Å². The molecule has 0 N–H and O–H groups in total. The third-order valence-electron chi connectivity index (χ3n) is 4.55. The third-order valence-corrected chi connectivity index (χ3v) is 4.55. The summed E-state index contributed by atoms with van der Waals surface area (Å²) in [5.74, 6) is -0.422. The van der Waals surface area contributed by atoms with E-state index in [9.17, 15) is 14.4 Å². The lowest BCUT2D eigenvalue weighted by Gasteiger charge is -2.18. The minimum absolute atomic E-state index is 0.0938. The standard InChI is InChI=1S/C21H26O4/c1-3-4-5-8-14-25-19(22)13-9-12-16-15(2)20(23)17-10-6-7-11-18(17)21(16)24/h6-7,10-11H,3-5,8-9,12-14H2,1-2H3. The van der Waals surface area contributed by atoms with E-state index >= 15 is 0 Å². The fourth-order valence-corrected chi connectivity index (χ4v) is 3.05. The first-order chi connectivity index (χ1) is 12.1. The van der Waals surface area contributed by atoms with Crippen molar-refractivity contribution in [1.82, 2.24) is 0 Å². The summed E-state index contributed by atoms with van der Waals surface area (Å²) < 4.78 is 5.20. The number of hydrogen-bond donors (Lipinski definition) is 0. The molecular weight excluding hydrogens is 316 g/mol. The van der Waals surface area contributed by atoms with Gasteiger partial charge in [0.1, 0.15) is 0 Å². The molecule has 0 aromatic heterocycles. The molecule has 0 atom stereocenters. The van der Waals surface area contributed by atoms with Crippen molar-refractivity contribution in [2.75, 3.05) is 6.61 Å². The molecule has 4 nitrogen and oxygen atoms in total.